The van der Waals surface area contributed by atoms with Gasteiger partial charge < -0.3 is 33.7 Å². The van der Waals surface area contributed by atoms with Gasteiger partial charge in [0.25, 0.3) is 5.89 Å². The average molecular weight is 723 g/mol. The van der Waals surface area contributed by atoms with Crippen molar-refractivity contribution in [3.8, 4) is 33.9 Å². The summed E-state index contributed by atoms with van der Waals surface area (Å²) < 4.78 is 27.5. The third-order valence-corrected chi connectivity index (χ3v) is 8.66. The molecule has 50 heavy (non-hydrogen) atoms. The van der Waals surface area contributed by atoms with E-state index in [2.05, 4.69) is 25.6 Å². The van der Waals surface area contributed by atoms with E-state index in [4.69, 9.17) is 28.0 Å². The minimum Gasteiger partial charge on any atom is -0.461 e. The van der Waals surface area contributed by atoms with E-state index in [0.29, 0.717) is 58.0 Å². The molecule has 0 saturated heterocycles. The van der Waals surface area contributed by atoms with Crippen molar-refractivity contribution in [3.63, 3.8) is 0 Å². The number of benzene rings is 1. The molecule has 14 nitrogen and oxygen atoms in total. The van der Waals surface area contributed by atoms with Crippen molar-refractivity contribution in [2.24, 2.45) is 0 Å². The number of aromatic nitrogens is 4. The van der Waals surface area contributed by atoms with Crippen LogP contribution in [0.25, 0.3) is 33.9 Å². The summed E-state index contributed by atoms with van der Waals surface area (Å²) in [6.07, 6.45) is -0.109. The van der Waals surface area contributed by atoms with Gasteiger partial charge in [0, 0.05) is 17.3 Å². The Morgan fingerprint density at radius 2 is 1.62 bits per heavy atom. The summed E-state index contributed by atoms with van der Waals surface area (Å²) in [4.78, 5) is 55.5. The van der Waals surface area contributed by atoms with Gasteiger partial charge in [0.05, 0.1) is 12.6 Å². The number of nitrogens with zero attached hydrogens (tertiary/aromatic N) is 4. The number of thiazole rings is 2. The van der Waals surface area contributed by atoms with Crippen molar-refractivity contribution in [1.29, 1.82) is 0 Å². The summed E-state index contributed by atoms with van der Waals surface area (Å²) in [5.74, 6) is 0.763. The molecular formula is C34H38N6O8S2. The van der Waals surface area contributed by atoms with Crippen molar-refractivity contribution in [2.75, 3.05) is 13.2 Å². The number of carbonyl (C=O) groups is 3. The lowest BCUT2D eigenvalue weighted by atomic mass is 10.1. The Morgan fingerprint density at radius 3 is 2.36 bits per heavy atom. The number of rotatable bonds is 13. The minimum atomic E-state index is -0.689. The number of ether oxygens (including phenoxy) is 3. The van der Waals surface area contributed by atoms with Crippen LogP contribution in [0.1, 0.15) is 79.2 Å². The number of esters is 1. The molecule has 1 aromatic carbocycles. The van der Waals surface area contributed by atoms with E-state index < -0.39 is 29.8 Å². The summed E-state index contributed by atoms with van der Waals surface area (Å²) in [5.41, 5.74) is 1.81. The second-order valence-corrected chi connectivity index (χ2v) is 13.8. The fourth-order valence-electron chi connectivity index (χ4n) is 4.62. The first-order valence-electron chi connectivity index (χ1n) is 15.9. The monoisotopic (exact) mass is 722 g/mol. The highest BCUT2D eigenvalue weighted by molar-refractivity contribution is 7.13. The van der Waals surface area contributed by atoms with Crippen LogP contribution in [0.3, 0.4) is 0 Å². The molecule has 264 valence electrons. The quantitative estimate of drug-likeness (QED) is 0.0690. The van der Waals surface area contributed by atoms with Gasteiger partial charge in [-0.05, 0) is 59.9 Å². The first-order valence-corrected chi connectivity index (χ1v) is 17.6. The molecule has 2 N–H and O–H groups in total. The largest absolute Gasteiger partial charge is 0.461 e. The fourth-order valence-corrected chi connectivity index (χ4v) is 6.23. The Morgan fingerprint density at radius 1 is 0.880 bits per heavy atom. The van der Waals surface area contributed by atoms with Crippen LogP contribution in [-0.4, -0.2) is 56.8 Å². The van der Waals surface area contributed by atoms with Crippen LogP contribution < -0.4 is 10.6 Å². The van der Waals surface area contributed by atoms with Gasteiger partial charge in [-0.25, -0.2) is 34.3 Å². The maximum atomic E-state index is 12.8. The zero-order chi connectivity index (χ0) is 35.8. The molecule has 0 radical (unpaired) electrons. The zero-order valence-electron chi connectivity index (χ0n) is 28.5. The Hall–Kier alpha value is -5.09. The number of nitrogens with one attached hydrogen (secondary N) is 2. The topological polar surface area (TPSA) is 181 Å². The van der Waals surface area contributed by atoms with E-state index >= 15 is 0 Å². The smallest absolute Gasteiger partial charge is 0.408 e. The molecule has 4 aromatic heterocycles. The summed E-state index contributed by atoms with van der Waals surface area (Å²) in [5, 5.41) is 10.4. The molecule has 5 rings (SSSR count). The summed E-state index contributed by atoms with van der Waals surface area (Å²) in [6.45, 7) is 11.2. The molecule has 0 aliphatic carbocycles. The van der Waals surface area contributed by atoms with E-state index in [-0.39, 0.29) is 30.7 Å². The number of aryl methyl sites for hydroxylation is 2. The van der Waals surface area contributed by atoms with Crippen LogP contribution in [0.2, 0.25) is 0 Å². The second kappa shape index (κ2) is 16.1. The SMILES string of the molecule is CCOC(=O)c1nc(-c2csc(-c3nc(-c4csc([C@H](CCCNC(=O)OCc5ccccc5)NC(=O)OC(C)(C)C)n4)c(C)o3)n2)oc1C. The highest BCUT2D eigenvalue weighted by Crippen LogP contribution is 2.34. The van der Waals surface area contributed by atoms with Crippen LogP contribution in [0.15, 0.2) is 49.9 Å². The van der Waals surface area contributed by atoms with Gasteiger partial charge in [0.2, 0.25) is 5.89 Å². The number of oxazole rings is 2. The van der Waals surface area contributed by atoms with Crippen LogP contribution in [-0.2, 0) is 20.8 Å². The van der Waals surface area contributed by atoms with Gasteiger partial charge in [-0.1, -0.05) is 30.3 Å². The molecule has 4 heterocycles. The van der Waals surface area contributed by atoms with Gasteiger partial charge in [-0.3, -0.25) is 0 Å². The van der Waals surface area contributed by atoms with Crippen LogP contribution in [0.5, 0.6) is 0 Å². The minimum absolute atomic E-state index is 0.0991. The molecule has 0 bridgehead atoms. The molecular weight excluding hydrogens is 685 g/mol. The van der Waals surface area contributed by atoms with E-state index in [1.165, 1.54) is 22.7 Å². The highest BCUT2D eigenvalue weighted by atomic mass is 32.1. The molecule has 0 fully saturated rings. The van der Waals surface area contributed by atoms with Crippen molar-refractivity contribution in [3.05, 3.63) is 68.9 Å². The highest BCUT2D eigenvalue weighted by Gasteiger charge is 2.26. The van der Waals surface area contributed by atoms with E-state index in [0.717, 1.165) is 5.56 Å². The lowest BCUT2D eigenvalue weighted by molar-refractivity contribution is 0.0495. The molecule has 0 aliphatic heterocycles. The third kappa shape index (κ3) is 9.53. The normalized spacial score (nSPS) is 12.0. The van der Waals surface area contributed by atoms with Gasteiger partial charge in [0.15, 0.2) is 10.7 Å². The van der Waals surface area contributed by atoms with Gasteiger partial charge in [0.1, 0.15) is 45.8 Å². The fraction of sp³-hybridized carbons (Fsp3) is 0.382. The lowest BCUT2D eigenvalue weighted by Gasteiger charge is -2.23. The third-order valence-electron chi connectivity index (χ3n) is 6.87. The summed E-state index contributed by atoms with van der Waals surface area (Å²) in [6, 6.07) is 8.92. The summed E-state index contributed by atoms with van der Waals surface area (Å²) in [7, 11) is 0. The van der Waals surface area contributed by atoms with Crippen molar-refractivity contribution >= 4 is 40.8 Å². The Labute approximate surface area is 296 Å². The maximum absolute atomic E-state index is 12.8. The molecule has 0 unspecified atom stereocenters. The Kier molecular flexibility index (Phi) is 11.6. The van der Waals surface area contributed by atoms with Crippen LogP contribution in [0.4, 0.5) is 9.59 Å². The number of alkyl carbamates (subject to hydrolysis) is 2. The first kappa shape index (κ1) is 36.2. The molecule has 5 aromatic rings. The van der Waals surface area contributed by atoms with Crippen molar-refractivity contribution in [1.82, 2.24) is 30.6 Å². The first-order chi connectivity index (χ1) is 23.9. The van der Waals surface area contributed by atoms with Crippen molar-refractivity contribution < 1.29 is 37.4 Å². The van der Waals surface area contributed by atoms with Gasteiger partial charge in [-0.15, -0.1) is 22.7 Å². The van der Waals surface area contributed by atoms with Gasteiger partial charge in [-0.2, -0.15) is 0 Å². The molecule has 0 spiro atoms. The maximum Gasteiger partial charge on any atom is 0.408 e. The molecule has 0 saturated carbocycles. The average Bonchev–Trinajstić information content (AvgIpc) is 3.87. The molecule has 0 aliphatic rings. The Balaban J connectivity index is 1.26. The van der Waals surface area contributed by atoms with Crippen LogP contribution >= 0.6 is 22.7 Å². The van der Waals surface area contributed by atoms with Gasteiger partial charge >= 0.3 is 18.2 Å². The molecule has 1 atom stereocenters. The van der Waals surface area contributed by atoms with Crippen LogP contribution in [0, 0.1) is 13.8 Å². The van der Waals surface area contributed by atoms with E-state index in [1.54, 1.807) is 46.9 Å². The van der Waals surface area contributed by atoms with Crippen molar-refractivity contribution in [2.45, 2.75) is 72.6 Å². The second-order valence-electron chi connectivity index (χ2n) is 12.0. The summed E-state index contributed by atoms with van der Waals surface area (Å²) >= 11 is 2.64. The number of carbonyl (C=O) groups excluding carboxylic acids is 3. The Bertz CT molecular complexity index is 1920. The predicted octanol–water partition coefficient (Wildman–Crippen LogP) is 7.64. The molecule has 2 amide bonds. The number of hydrogen-bond donors (Lipinski definition) is 2. The van der Waals surface area contributed by atoms with E-state index in [1.807, 2.05) is 35.7 Å². The standard InChI is InChI=1S/C34H38N6O8S2/c1-7-44-31(41)26-20(3)46-27(40-26)24-18-50-30(37-24)28-39-25(19(2)47-28)23-17-49-29(36-23)22(38-33(43)48-34(4,5)6)14-11-15-35-32(42)45-16-21-12-9-8-10-13-21/h8-10,12-13,17-18,22H,7,11,14-16H2,1-6H3,(H,35,42)(H,38,43)/t22-/m0/s1. The molecule has 16 heteroatoms. The predicted molar refractivity (Wildman–Crippen MR) is 186 cm³/mol. The zero-order valence-corrected chi connectivity index (χ0v) is 30.2. The number of hydrogen-bond acceptors (Lipinski definition) is 14. The van der Waals surface area contributed by atoms with E-state index in [9.17, 15) is 14.4 Å². The number of amides is 2. The lowest BCUT2D eigenvalue weighted by Crippen LogP contribution is -2.35.